The molecule has 0 aromatic carbocycles. The number of aliphatic hydroxyl groups is 1. The standard InChI is InChI=1S/C10H13N3O3/c1-2-6-3-4-8(15-6)10-12-9(13-16-10)7(11)5-14/h3-4,7,14H,2,5,11H2,1H3. The van der Waals surface area contributed by atoms with E-state index in [1.54, 1.807) is 6.07 Å². The fourth-order valence-electron chi connectivity index (χ4n) is 1.25. The van der Waals surface area contributed by atoms with Gasteiger partial charge < -0.3 is 19.8 Å². The van der Waals surface area contributed by atoms with Crippen LogP contribution in [0.3, 0.4) is 0 Å². The molecule has 0 spiro atoms. The van der Waals surface area contributed by atoms with Gasteiger partial charge in [0.15, 0.2) is 11.6 Å². The van der Waals surface area contributed by atoms with Crippen LogP contribution in [-0.2, 0) is 6.42 Å². The molecule has 0 aliphatic rings. The van der Waals surface area contributed by atoms with E-state index in [1.807, 2.05) is 13.0 Å². The topological polar surface area (TPSA) is 98.3 Å². The van der Waals surface area contributed by atoms with Gasteiger partial charge in [0.05, 0.1) is 12.6 Å². The summed E-state index contributed by atoms with van der Waals surface area (Å²) in [7, 11) is 0. The van der Waals surface area contributed by atoms with Crippen LogP contribution in [0.1, 0.15) is 24.6 Å². The minimum Gasteiger partial charge on any atom is -0.456 e. The first-order valence-electron chi connectivity index (χ1n) is 5.03. The lowest BCUT2D eigenvalue weighted by atomic mass is 10.3. The quantitative estimate of drug-likeness (QED) is 0.798. The molecule has 0 radical (unpaired) electrons. The van der Waals surface area contributed by atoms with E-state index < -0.39 is 6.04 Å². The van der Waals surface area contributed by atoms with Gasteiger partial charge in [-0.2, -0.15) is 4.98 Å². The molecule has 2 heterocycles. The first kappa shape index (κ1) is 10.8. The average Bonchev–Trinajstić information content (AvgIpc) is 2.95. The van der Waals surface area contributed by atoms with Gasteiger partial charge in [0.25, 0.3) is 5.89 Å². The molecule has 6 heteroatoms. The fraction of sp³-hybridized carbons (Fsp3) is 0.400. The van der Waals surface area contributed by atoms with Gasteiger partial charge in [-0.15, -0.1) is 0 Å². The third kappa shape index (κ3) is 1.98. The van der Waals surface area contributed by atoms with Gasteiger partial charge >= 0.3 is 0 Å². The Kier molecular flexibility index (Phi) is 3.02. The minimum atomic E-state index is -0.627. The van der Waals surface area contributed by atoms with Crippen molar-refractivity contribution in [3.8, 4) is 11.7 Å². The molecule has 16 heavy (non-hydrogen) atoms. The van der Waals surface area contributed by atoms with Gasteiger partial charge in [0.2, 0.25) is 0 Å². The highest BCUT2D eigenvalue weighted by atomic mass is 16.5. The predicted octanol–water partition coefficient (Wildman–Crippen LogP) is 0.884. The molecular formula is C10H13N3O3. The van der Waals surface area contributed by atoms with E-state index in [0.717, 1.165) is 12.2 Å². The van der Waals surface area contributed by atoms with Crippen LogP contribution >= 0.6 is 0 Å². The SMILES string of the molecule is CCc1ccc(-c2nc(C(N)CO)no2)o1. The van der Waals surface area contributed by atoms with Crippen molar-refractivity contribution in [1.82, 2.24) is 10.1 Å². The van der Waals surface area contributed by atoms with Crippen LogP contribution in [0.2, 0.25) is 0 Å². The largest absolute Gasteiger partial charge is 0.456 e. The molecule has 0 saturated heterocycles. The summed E-state index contributed by atoms with van der Waals surface area (Å²) < 4.78 is 10.4. The van der Waals surface area contributed by atoms with Crippen molar-refractivity contribution >= 4 is 0 Å². The summed E-state index contributed by atoms with van der Waals surface area (Å²) in [5, 5.41) is 12.5. The van der Waals surface area contributed by atoms with Crippen LogP contribution in [0.4, 0.5) is 0 Å². The minimum absolute atomic E-state index is 0.225. The molecule has 0 aliphatic carbocycles. The van der Waals surface area contributed by atoms with Crippen molar-refractivity contribution in [2.45, 2.75) is 19.4 Å². The van der Waals surface area contributed by atoms with Gasteiger partial charge in [-0.25, -0.2) is 0 Å². The number of aryl methyl sites for hydroxylation is 1. The first-order valence-corrected chi connectivity index (χ1v) is 5.03. The Morgan fingerprint density at radius 3 is 2.94 bits per heavy atom. The number of hydrogen-bond acceptors (Lipinski definition) is 6. The molecule has 1 unspecified atom stereocenters. The zero-order valence-electron chi connectivity index (χ0n) is 8.88. The maximum atomic E-state index is 8.84. The van der Waals surface area contributed by atoms with E-state index >= 15 is 0 Å². The van der Waals surface area contributed by atoms with Crippen LogP contribution < -0.4 is 5.73 Å². The number of rotatable bonds is 4. The molecule has 6 nitrogen and oxygen atoms in total. The summed E-state index contributed by atoms with van der Waals surface area (Å²) in [6.07, 6.45) is 0.803. The lowest BCUT2D eigenvalue weighted by molar-refractivity contribution is 0.260. The Balaban J connectivity index is 2.24. The molecule has 3 N–H and O–H groups in total. The molecule has 86 valence electrons. The van der Waals surface area contributed by atoms with E-state index in [2.05, 4.69) is 10.1 Å². The molecule has 2 aromatic rings. The normalized spacial score (nSPS) is 12.9. The fourth-order valence-corrected chi connectivity index (χ4v) is 1.25. The smallest absolute Gasteiger partial charge is 0.293 e. The van der Waals surface area contributed by atoms with Gasteiger partial charge in [0.1, 0.15) is 5.76 Å². The summed E-state index contributed by atoms with van der Waals surface area (Å²) >= 11 is 0. The number of furan rings is 1. The van der Waals surface area contributed by atoms with Crippen LogP contribution in [0.25, 0.3) is 11.7 Å². The Labute approximate surface area is 92.1 Å². The average molecular weight is 223 g/mol. The second-order valence-corrected chi connectivity index (χ2v) is 3.37. The monoisotopic (exact) mass is 223 g/mol. The summed E-state index contributed by atoms with van der Waals surface area (Å²) in [4.78, 5) is 4.04. The maximum Gasteiger partial charge on any atom is 0.293 e. The highest BCUT2D eigenvalue weighted by Gasteiger charge is 2.16. The van der Waals surface area contributed by atoms with Gasteiger partial charge in [0, 0.05) is 6.42 Å². The summed E-state index contributed by atoms with van der Waals surface area (Å²) in [6.45, 7) is 1.76. The Morgan fingerprint density at radius 1 is 1.50 bits per heavy atom. The third-order valence-electron chi connectivity index (χ3n) is 2.19. The molecule has 1 atom stereocenters. The van der Waals surface area contributed by atoms with Crippen LogP contribution in [0, 0.1) is 0 Å². The molecule has 0 bridgehead atoms. The molecule has 0 saturated carbocycles. The Bertz CT molecular complexity index is 463. The number of nitrogens with two attached hydrogens (primary N) is 1. The number of nitrogens with zero attached hydrogens (tertiary/aromatic N) is 2. The van der Waals surface area contributed by atoms with Crippen molar-refractivity contribution in [2.75, 3.05) is 6.61 Å². The van der Waals surface area contributed by atoms with Crippen molar-refractivity contribution in [3.05, 3.63) is 23.7 Å². The predicted molar refractivity (Wildman–Crippen MR) is 55.4 cm³/mol. The van der Waals surface area contributed by atoms with E-state index in [-0.39, 0.29) is 18.3 Å². The zero-order valence-corrected chi connectivity index (χ0v) is 8.88. The third-order valence-corrected chi connectivity index (χ3v) is 2.19. The van der Waals surface area contributed by atoms with E-state index in [1.165, 1.54) is 0 Å². The van der Waals surface area contributed by atoms with Crippen molar-refractivity contribution < 1.29 is 14.0 Å². The van der Waals surface area contributed by atoms with Gasteiger partial charge in [-0.05, 0) is 12.1 Å². The second kappa shape index (κ2) is 4.46. The molecule has 2 aromatic heterocycles. The van der Waals surface area contributed by atoms with Crippen molar-refractivity contribution in [2.24, 2.45) is 5.73 Å². The molecule has 2 rings (SSSR count). The number of hydrogen-bond donors (Lipinski definition) is 2. The maximum absolute atomic E-state index is 8.84. The van der Waals surface area contributed by atoms with Crippen molar-refractivity contribution in [3.63, 3.8) is 0 Å². The Morgan fingerprint density at radius 2 is 2.31 bits per heavy atom. The Hall–Kier alpha value is -1.66. The van der Waals surface area contributed by atoms with Crippen molar-refractivity contribution in [1.29, 1.82) is 0 Å². The molecule has 0 fully saturated rings. The van der Waals surface area contributed by atoms with Gasteiger partial charge in [-0.3, -0.25) is 0 Å². The first-order chi connectivity index (χ1) is 7.74. The second-order valence-electron chi connectivity index (χ2n) is 3.37. The van der Waals surface area contributed by atoms with Crippen LogP contribution in [0.5, 0.6) is 0 Å². The molecular weight excluding hydrogens is 210 g/mol. The van der Waals surface area contributed by atoms with Gasteiger partial charge in [-0.1, -0.05) is 12.1 Å². The lowest BCUT2D eigenvalue weighted by Crippen LogP contribution is -2.15. The summed E-state index contributed by atoms with van der Waals surface area (Å²) in [6, 6.07) is 2.99. The highest BCUT2D eigenvalue weighted by Crippen LogP contribution is 2.21. The number of aromatic nitrogens is 2. The number of aliphatic hydroxyl groups excluding tert-OH is 1. The van der Waals surface area contributed by atoms with E-state index in [0.29, 0.717) is 5.76 Å². The summed E-state index contributed by atoms with van der Waals surface area (Å²) in [5.74, 6) is 1.91. The molecule has 0 amide bonds. The lowest BCUT2D eigenvalue weighted by Gasteiger charge is -1.98. The highest BCUT2D eigenvalue weighted by molar-refractivity contribution is 5.44. The zero-order chi connectivity index (χ0) is 11.5. The van der Waals surface area contributed by atoms with E-state index in [4.69, 9.17) is 19.8 Å². The van der Waals surface area contributed by atoms with Crippen LogP contribution in [-0.4, -0.2) is 21.9 Å². The van der Waals surface area contributed by atoms with Crippen LogP contribution in [0.15, 0.2) is 21.1 Å². The summed E-state index contributed by atoms with van der Waals surface area (Å²) in [5.41, 5.74) is 5.55. The van der Waals surface area contributed by atoms with E-state index in [9.17, 15) is 0 Å². The molecule has 0 aliphatic heterocycles.